The van der Waals surface area contributed by atoms with Crippen molar-refractivity contribution in [3.63, 3.8) is 0 Å². The Labute approximate surface area is 166 Å². The van der Waals surface area contributed by atoms with Gasteiger partial charge < -0.3 is 9.64 Å². The summed E-state index contributed by atoms with van der Waals surface area (Å²) in [6.07, 6.45) is 2.84. The number of rotatable bonds is 3. The van der Waals surface area contributed by atoms with Gasteiger partial charge in [0.2, 0.25) is 0 Å². The maximum Gasteiger partial charge on any atom is 0.311 e. The zero-order valence-electron chi connectivity index (χ0n) is 14.6. The minimum Gasteiger partial charge on any atom is -0.469 e. The summed E-state index contributed by atoms with van der Waals surface area (Å²) >= 11 is 2.29. The summed E-state index contributed by atoms with van der Waals surface area (Å²) < 4.78 is 20.1. The summed E-state index contributed by atoms with van der Waals surface area (Å²) in [6, 6.07) is 15.5. The lowest BCUT2D eigenvalue weighted by Gasteiger charge is -2.45. The number of carbonyl (C=O) groups is 1. The van der Waals surface area contributed by atoms with E-state index < -0.39 is 0 Å². The predicted molar refractivity (Wildman–Crippen MR) is 108 cm³/mol. The average molecular weight is 465 g/mol. The lowest BCUT2D eigenvalue weighted by molar-refractivity contribution is -0.147. The number of hydrogen-bond donors (Lipinski definition) is 0. The molecular weight excluding hydrogens is 444 g/mol. The molecule has 3 nitrogen and oxygen atoms in total. The van der Waals surface area contributed by atoms with Gasteiger partial charge in [-0.3, -0.25) is 4.79 Å². The van der Waals surface area contributed by atoms with Crippen molar-refractivity contribution < 1.29 is 13.9 Å². The van der Waals surface area contributed by atoms with Crippen molar-refractivity contribution in [2.45, 2.75) is 37.3 Å². The first kappa shape index (κ1) is 17.8. The number of nitrogens with zero attached hydrogens (tertiary/aromatic N) is 1. The Morgan fingerprint density at radius 1 is 1.19 bits per heavy atom. The molecule has 2 heterocycles. The maximum absolute atomic E-state index is 13.8. The smallest absolute Gasteiger partial charge is 0.311 e. The fraction of sp³-hybridized carbons (Fsp3) is 0.381. The van der Waals surface area contributed by atoms with Crippen LogP contribution in [0.3, 0.4) is 0 Å². The van der Waals surface area contributed by atoms with E-state index in [4.69, 9.17) is 4.74 Å². The van der Waals surface area contributed by atoms with Gasteiger partial charge in [0.25, 0.3) is 0 Å². The molecule has 0 amide bonds. The number of carbonyl (C=O) groups excluding carboxylic acids is 1. The Morgan fingerprint density at radius 3 is 2.65 bits per heavy atom. The van der Waals surface area contributed by atoms with Gasteiger partial charge in [-0.2, -0.15) is 0 Å². The van der Waals surface area contributed by atoms with Crippen LogP contribution >= 0.6 is 22.6 Å². The van der Waals surface area contributed by atoms with Crippen molar-refractivity contribution in [2.75, 3.05) is 12.0 Å². The number of ether oxygens (including phenoxy) is 1. The van der Waals surface area contributed by atoms with Gasteiger partial charge in [0.15, 0.2) is 0 Å². The van der Waals surface area contributed by atoms with Crippen molar-refractivity contribution in [3.05, 3.63) is 63.5 Å². The molecule has 5 heteroatoms. The summed E-state index contributed by atoms with van der Waals surface area (Å²) in [4.78, 5) is 15.0. The number of halogens is 2. The minimum absolute atomic E-state index is 0.0484. The van der Waals surface area contributed by atoms with Crippen LogP contribution in [0, 0.1) is 15.3 Å². The van der Waals surface area contributed by atoms with Crippen molar-refractivity contribution in [2.24, 2.45) is 5.92 Å². The zero-order chi connectivity index (χ0) is 18.3. The van der Waals surface area contributed by atoms with Crippen molar-refractivity contribution in [1.82, 2.24) is 0 Å². The first-order valence-corrected chi connectivity index (χ1v) is 10.0. The third-order valence-electron chi connectivity index (χ3n) is 5.80. The quantitative estimate of drug-likeness (QED) is 0.485. The molecule has 2 saturated heterocycles. The third kappa shape index (κ3) is 3.10. The molecule has 4 unspecified atom stereocenters. The second-order valence-corrected chi connectivity index (χ2v) is 8.37. The molecule has 4 rings (SSSR count). The predicted octanol–water partition coefficient (Wildman–Crippen LogP) is 4.74. The largest absolute Gasteiger partial charge is 0.469 e. The SMILES string of the molecule is COC(=O)C1C(c2ccc(I)cc2)CC2CCC1N2c1cccc(F)c1. The highest BCUT2D eigenvalue weighted by molar-refractivity contribution is 14.1. The molecule has 2 aliphatic heterocycles. The molecule has 136 valence electrons. The van der Waals surface area contributed by atoms with Crippen LogP contribution in [-0.2, 0) is 9.53 Å². The van der Waals surface area contributed by atoms with Gasteiger partial charge in [-0.1, -0.05) is 18.2 Å². The molecule has 2 bridgehead atoms. The summed E-state index contributed by atoms with van der Waals surface area (Å²) in [5.41, 5.74) is 2.06. The molecule has 2 aliphatic rings. The van der Waals surface area contributed by atoms with Gasteiger partial charge in [0.05, 0.1) is 13.0 Å². The van der Waals surface area contributed by atoms with Crippen LogP contribution < -0.4 is 4.90 Å². The van der Waals surface area contributed by atoms with Crippen LogP contribution in [0.2, 0.25) is 0 Å². The third-order valence-corrected chi connectivity index (χ3v) is 6.52. The highest BCUT2D eigenvalue weighted by Crippen LogP contribution is 2.49. The summed E-state index contributed by atoms with van der Waals surface area (Å²) in [7, 11) is 1.46. The number of hydrogen-bond acceptors (Lipinski definition) is 3. The van der Waals surface area contributed by atoms with Crippen molar-refractivity contribution in [1.29, 1.82) is 0 Å². The average Bonchev–Trinajstić information content (AvgIpc) is 2.95. The fourth-order valence-electron chi connectivity index (χ4n) is 4.75. The Bertz CT molecular complexity index is 810. The first-order chi connectivity index (χ1) is 12.6. The van der Waals surface area contributed by atoms with Crippen LogP contribution in [-0.4, -0.2) is 25.2 Å². The highest BCUT2D eigenvalue weighted by Gasteiger charge is 2.51. The van der Waals surface area contributed by atoms with Gasteiger partial charge >= 0.3 is 5.97 Å². The van der Waals surface area contributed by atoms with Crippen molar-refractivity contribution >= 4 is 34.2 Å². The molecule has 0 aromatic heterocycles. The van der Waals surface area contributed by atoms with Crippen LogP contribution in [0.1, 0.15) is 30.7 Å². The van der Waals surface area contributed by atoms with E-state index in [0.29, 0.717) is 6.04 Å². The Balaban J connectivity index is 1.72. The number of benzene rings is 2. The van der Waals surface area contributed by atoms with E-state index in [1.807, 2.05) is 6.07 Å². The Morgan fingerprint density at radius 2 is 1.96 bits per heavy atom. The van der Waals surface area contributed by atoms with E-state index in [-0.39, 0.29) is 29.7 Å². The molecule has 0 N–H and O–H groups in total. The standard InChI is InChI=1S/C21H21FINO2/c1-26-21(25)20-18(13-5-7-15(23)8-6-13)12-17-9-10-19(20)24(17)16-4-2-3-14(22)11-16/h2-8,11,17-20H,9-10,12H2,1H3. The van der Waals surface area contributed by atoms with E-state index in [0.717, 1.165) is 24.9 Å². The Kier molecular flexibility index (Phi) is 4.90. The molecule has 26 heavy (non-hydrogen) atoms. The fourth-order valence-corrected chi connectivity index (χ4v) is 5.11. The van der Waals surface area contributed by atoms with Gasteiger partial charge in [-0.15, -0.1) is 0 Å². The van der Waals surface area contributed by atoms with E-state index >= 15 is 0 Å². The molecule has 4 atom stereocenters. The monoisotopic (exact) mass is 465 g/mol. The van der Waals surface area contributed by atoms with E-state index in [1.165, 1.54) is 22.3 Å². The molecule has 2 fully saturated rings. The molecule has 0 aliphatic carbocycles. The normalized spacial score (nSPS) is 27.4. The molecule has 0 radical (unpaired) electrons. The van der Waals surface area contributed by atoms with Crippen LogP contribution in [0.15, 0.2) is 48.5 Å². The van der Waals surface area contributed by atoms with Crippen LogP contribution in [0.25, 0.3) is 0 Å². The molecule has 2 aromatic carbocycles. The number of fused-ring (bicyclic) bond motifs is 2. The summed E-state index contributed by atoms with van der Waals surface area (Å²) in [6.45, 7) is 0. The van der Waals surface area contributed by atoms with Crippen LogP contribution in [0.4, 0.5) is 10.1 Å². The second kappa shape index (κ2) is 7.18. The topological polar surface area (TPSA) is 29.5 Å². The maximum atomic E-state index is 13.8. The Hall–Kier alpha value is -1.63. The van der Waals surface area contributed by atoms with Crippen molar-refractivity contribution in [3.8, 4) is 0 Å². The molecule has 0 spiro atoms. The van der Waals surface area contributed by atoms with Gasteiger partial charge in [-0.25, -0.2) is 4.39 Å². The number of methoxy groups -OCH3 is 1. The highest BCUT2D eigenvalue weighted by atomic mass is 127. The van der Waals surface area contributed by atoms with Gasteiger partial charge in [0.1, 0.15) is 5.82 Å². The van der Waals surface area contributed by atoms with Gasteiger partial charge in [0, 0.05) is 27.3 Å². The number of piperidine rings is 1. The van der Waals surface area contributed by atoms with Crippen LogP contribution in [0.5, 0.6) is 0 Å². The number of esters is 1. The minimum atomic E-state index is -0.240. The summed E-state index contributed by atoms with van der Waals surface area (Å²) in [5.74, 6) is -0.500. The molecular formula is C21H21FINO2. The van der Waals surface area contributed by atoms with E-state index in [2.05, 4.69) is 51.8 Å². The zero-order valence-corrected chi connectivity index (χ0v) is 16.7. The van der Waals surface area contributed by atoms with Gasteiger partial charge in [-0.05, 0) is 77.7 Å². The summed E-state index contributed by atoms with van der Waals surface area (Å²) in [5, 5.41) is 0. The van der Waals surface area contributed by atoms with E-state index in [1.54, 1.807) is 12.1 Å². The molecule has 0 saturated carbocycles. The second-order valence-electron chi connectivity index (χ2n) is 7.13. The van der Waals surface area contributed by atoms with E-state index in [9.17, 15) is 9.18 Å². The first-order valence-electron chi connectivity index (χ1n) is 8.95. The number of anilines is 1. The lowest BCUT2D eigenvalue weighted by Crippen LogP contribution is -2.51. The molecule has 2 aromatic rings. The lowest BCUT2D eigenvalue weighted by atomic mass is 9.76.